The Morgan fingerprint density at radius 1 is 0.706 bits per heavy atom. The van der Waals surface area contributed by atoms with Gasteiger partial charge in [-0.15, -0.1) is 0 Å². The number of rotatable bonds is 1. The summed E-state index contributed by atoms with van der Waals surface area (Å²) >= 11 is 0. The molecule has 0 amide bonds. The van der Waals surface area contributed by atoms with E-state index >= 15 is 0 Å². The Balaban J connectivity index is 0.000000316. The van der Waals surface area contributed by atoms with Crippen molar-refractivity contribution in [1.29, 1.82) is 0 Å². The van der Waals surface area contributed by atoms with E-state index in [2.05, 4.69) is 0 Å². The zero-order valence-electron chi connectivity index (χ0n) is 9.48. The van der Waals surface area contributed by atoms with Crippen LogP contribution in [-0.4, -0.2) is 13.0 Å². The van der Waals surface area contributed by atoms with Crippen molar-refractivity contribution < 1.29 is 42.5 Å². The van der Waals surface area contributed by atoms with Crippen molar-refractivity contribution in [2.75, 3.05) is 0 Å². The molecule has 3 nitrogen and oxygen atoms in total. The minimum absolute atomic E-state index is 0. The molecule has 0 saturated heterocycles. The normalized spacial score (nSPS) is 9.47. The molecule has 0 N–H and O–H groups in total. The van der Waals surface area contributed by atoms with E-state index in [-0.39, 0.29) is 34.5 Å². The molecule has 0 saturated carbocycles. The predicted octanol–water partition coefficient (Wildman–Crippen LogP) is -0.719. The number of hydrogen-bond donors (Lipinski definition) is 0. The molecule has 0 bridgehead atoms. The Hall–Kier alpha value is -0.650. The van der Waals surface area contributed by atoms with Gasteiger partial charge >= 0.3 is 29.6 Å². The van der Waals surface area contributed by atoms with Gasteiger partial charge in [-0.1, -0.05) is 54.6 Å². The molecule has 0 unspecified atom stereocenters. The molecule has 0 spiro atoms. The van der Waals surface area contributed by atoms with E-state index in [0.29, 0.717) is 0 Å². The Bertz CT molecular complexity index is 471. The van der Waals surface area contributed by atoms with Crippen molar-refractivity contribution in [3.05, 3.63) is 66.7 Å². The van der Waals surface area contributed by atoms with Gasteiger partial charge in [0.05, 0.1) is 4.90 Å². The first-order valence-corrected chi connectivity index (χ1v) is 6.02. The zero-order chi connectivity index (χ0) is 11.9. The van der Waals surface area contributed by atoms with Crippen LogP contribution < -0.4 is 29.6 Å². The van der Waals surface area contributed by atoms with Crippen LogP contribution in [0.5, 0.6) is 0 Å². The number of benzene rings is 2. The minimum atomic E-state index is -4.25. The standard InChI is InChI=1S/C6H6O3S.C6H6.Na/c7-10(8,9)6-4-2-1-3-5-6;1-2-4-6-5-3-1;/h1-5H,(H,7,8,9);1-6H;/q;;+1/p-1. The molecule has 0 aliphatic heterocycles. The molecule has 0 fully saturated rings. The molecular weight excluding hydrogens is 247 g/mol. The molecule has 0 radical (unpaired) electrons. The van der Waals surface area contributed by atoms with Gasteiger partial charge in [-0.3, -0.25) is 0 Å². The summed E-state index contributed by atoms with van der Waals surface area (Å²) in [6.07, 6.45) is 0. The summed E-state index contributed by atoms with van der Waals surface area (Å²) in [5.74, 6) is 0. The first-order valence-electron chi connectivity index (χ1n) is 4.61. The summed E-state index contributed by atoms with van der Waals surface area (Å²) in [4.78, 5) is -0.185. The first kappa shape index (κ1) is 16.4. The maximum absolute atomic E-state index is 10.3. The molecule has 84 valence electrons. The van der Waals surface area contributed by atoms with Crippen LogP contribution in [0.25, 0.3) is 0 Å². The Kier molecular flexibility index (Phi) is 8.12. The summed E-state index contributed by atoms with van der Waals surface area (Å²) in [5.41, 5.74) is 0. The zero-order valence-corrected chi connectivity index (χ0v) is 12.3. The molecule has 0 heterocycles. The maximum Gasteiger partial charge on any atom is 1.00 e. The van der Waals surface area contributed by atoms with Crippen LogP contribution in [0.1, 0.15) is 0 Å². The topological polar surface area (TPSA) is 57.2 Å². The van der Waals surface area contributed by atoms with E-state index in [1.54, 1.807) is 6.07 Å². The quantitative estimate of drug-likeness (QED) is 0.501. The molecule has 0 aromatic heterocycles. The molecule has 2 aromatic carbocycles. The Morgan fingerprint density at radius 3 is 1.24 bits per heavy atom. The van der Waals surface area contributed by atoms with Gasteiger partial charge in [0.2, 0.25) is 0 Å². The van der Waals surface area contributed by atoms with Crippen LogP contribution in [0.4, 0.5) is 0 Å². The molecule has 5 heteroatoms. The second kappa shape index (κ2) is 8.44. The fourth-order valence-corrected chi connectivity index (χ4v) is 1.46. The SMILES string of the molecule is O=S(=O)([O-])c1ccccc1.[Na+].c1ccccc1. The molecule has 2 rings (SSSR count). The third-order valence-corrected chi connectivity index (χ3v) is 2.55. The molecule has 0 atom stereocenters. The fourth-order valence-electron chi connectivity index (χ4n) is 0.972. The van der Waals surface area contributed by atoms with Crippen molar-refractivity contribution in [2.45, 2.75) is 4.90 Å². The summed E-state index contributed by atoms with van der Waals surface area (Å²) in [6, 6.07) is 19.2. The van der Waals surface area contributed by atoms with Crippen molar-refractivity contribution in [1.82, 2.24) is 0 Å². The van der Waals surface area contributed by atoms with Crippen LogP contribution in [0.3, 0.4) is 0 Å². The van der Waals surface area contributed by atoms with Crippen molar-refractivity contribution in [3.8, 4) is 0 Å². The second-order valence-corrected chi connectivity index (χ2v) is 4.30. The first-order chi connectivity index (χ1) is 7.61. The van der Waals surface area contributed by atoms with Gasteiger partial charge in [0.1, 0.15) is 10.1 Å². The van der Waals surface area contributed by atoms with Crippen molar-refractivity contribution in [2.24, 2.45) is 0 Å². The second-order valence-electron chi connectivity index (χ2n) is 2.92. The van der Waals surface area contributed by atoms with Crippen molar-refractivity contribution in [3.63, 3.8) is 0 Å². The van der Waals surface area contributed by atoms with Gasteiger partial charge in [-0.05, 0) is 12.1 Å². The minimum Gasteiger partial charge on any atom is -0.744 e. The summed E-state index contributed by atoms with van der Waals surface area (Å²) < 4.78 is 30.8. The van der Waals surface area contributed by atoms with E-state index in [0.717, 1.165) is 0 Å². The molecular formula is C12H11NaO3S. The average Bonchev–Trinajstić information content (AvgIpc) is 2.32. The third kappa shape index (κ3) is 7.31. The van der Waals surface area contributed by atoms with Gasteiger partial charge in [0.25, 0.3) is 0 Å². The molecule has 0 aliphatic carbocycles. The third-order valence-electron chi connectivity index (χ3n) is 1.70. The van der Waals surface area contributed by atoms with Gasteiger partial charge in [0.15, 0.2) is 0 Å². The maximum atomic E-state index is 10.3. The van der Waals surface area contributed by atoms with Gasteiger partial charge < -0.3 is 4.55 Å². The van der Waals surface area contributed by atoms with Crippen LogP contribution >= 0.6 is 0 Å². The Labute approximate surface area is 124 Å². The van der Waals surface area contributed by atoms with Crippen LogP contribution in [0, 0.1) is 0 Å². The molecule has 17 heavy (non-hydrogen) atoms. The summed E-state index contributed by atoms with van der Waals surface area (Å²) in [5, 5.41) is 0. The fraction of sp³-hybridized carbons (Fsp3) is 0. The van der Waals surface area contributed by atoms with E-state index in [9.17, 15) is 13.0 Å². The average molecular weight is 258 g/mol. The summed E-state index contributed by atoms with van der Waals surface area (Å²) in [7, 11) is -4.25. The Morgan fingerprint density at radius 2 is 1.00 bits per heavy atom. The van der Waals surface area contributed by atoms with Gasteiger partial charge in [0, 0.05) is 0 Å². The predicted molar refractivity (Wildman–Crippen MR) is 60.8 cm³/mol. The van der Waals surface area contributed by atoms with E-state index in [4.69, 9.17) is 0 Å². The van der Waals surface area contributed by atoms with Crippen LogP contribution in [0.2, 0.25) is 0 Å². The van der Waals surface area contributed by atoms with Crippen LogP contribution in [0.15, 0.2) is 71.6 Å². The largest absolute Gasteiger partial charge is 1.00 e. The van der Waals surface area contributed by atoms with Gasteiger partial charge in [-0.2, -0.15) is 0 Å². The van der Waals surface area contributed by atoms with E-state index in [1.807, 2.05) is 36.4 Å². The van der Waals surface area contributed by atoms with E-state index < -0.39 is 10.1 Å². The van der Waals surface area contributed by atoms with Crippen LogP contribution in [-0.2, 0) is 10.1 Å². The number of hydrogen-bond acceptors (Lipinski definition) is 3. The molecule has 0 aliphatic rings. The van der Waals surface area contributed by atoms with Gasteiger partial charge in [-0.25, -0.2) is 8.42 Å². The van der Waals surface area contributed by atoms with E-state index in [1.165, 1.54) is 24.3 Å². The monoisotopic (exact) mass is 258 g/mol. The van der Waals surface area contributed by atoms with Crippen molar-refractivity contribution >= 4 is 10.1 Å². The summed E-state index contributed by atoms with van der Waals surface area (Å²) in [6.45, 7) is 0. The molecule has 2 aromatic rings. The smallest absolute Gasteiger partial charge is 0.744 e.